The molecule has 4 heterocycles. The van der Waals surface area contributed by atoms with Crippen LogP contribution in [0.4, 0.5) is 0 Å². The van der Waals surface area contributed by atoms with E-state index < -0.39 is 52.5 Å². The van der Waals surface area contributed by atoms with Crippen molar-refractivity contribution in [2.45, 2.75) is 34.8 Å². The quantitative estimate of drug-likeness (QED) is 0.133. The van der Waals surface area contributed by atoms with Crippen molar-refractivity contribution in [3.05, 3.63) is 27.9 Å². The lowest BCUT2D eigenvalue weighted by Crippen LogP contribution is -2.71. The van der Waals surface area contributed by atoms with Gasteiger partial charge in [-0.05, 0) is 16.1 Å². The summed E-state index contributed by atoms with van der Waals surface area (Å²) in [5.74, 6) is -3.72. The highest BCUT2D eigenvalue weighted by Crippen LogP contribution is 2.44. The van der Waals surface area contributed by atoms with E-state index in [1.807, 2.05) is 0 Å². The van der Waals surface area contributed by atoms with Gasteiger partial charge in [-0.2, -0.15) is 5.21 Å². The lowest BCUT2D eigenvalue weighted by Gasteiger charge is -2.49. The average molecular weight is 499 g/mol. The monoisotopic (exact) mass is 499 g/mol. The van der Waals surface area contributed by atoms with Crippen LogP contribution in [0.1, 0.15) is 6.42 Å². The van der Waals surface area contributed by atoms with Crippen LogP contribution in [-0.4, -0.2) is 87.2 Å². The maximum absolute atomic E-state index is 12.8. The highest BCUT2D eigenvalue weighted by Gasteiger charge is 2.55. The number of H-pyrrole nitrogens is 2. The van der Waals surface area contributed by atoms with Crippen LogP contribution < -0.4 is 15.6 Å². The Labute approximate surface area is 190 Å². The molecule has 2 unspecified atom stereocenters. The summed E-state index contributed by atoms with van der Waals surface area (Å²) in [5.41, 5.74) is -0.787. The van der Waals surface area contributed by atoms with Gasteiger partial charge in [0.05, 0.1) is 6.42 Å². The lowest BCUT2D eigenvalue weighted by atomic mass is 10.0. The first-order chi connectivity index (χ1) is 15.7. The molecular formula is C15H15N8O8S2+. The van der Waals surface area contributed by atoms with Crippen LogP contribution >= 0.6 is 23.5 Å². The molecule has 1 saturated heterocycles. The first kappa shape index (κ1) is 22.5. The van der Waals surface area contributed by atoms with Crippen LogP contribution in [0.3, 0.4) is 0 Å². The molecule has 2 aromatic rings. The van der Waals surface area contributed by atoms with Gasteiger partial charge < -0.3 is 15.5 Å². The number of carbonyl (C=O) groups excluding carboxylic acids is 2. The number of β-lactam (4-membered cyclic amide) rings is 1. The van der Waals surface area contributed by atoms with Crippen LogP contribution in [-0.2, 0) is 25.7 Å². The van der Waals surface area contributed by atoms with Gasteiger partial charge >= 0.3 is 17.6 Å². The summed E-state index contributed by atoms with van der Waals surface area (Å²) in [6.45, 7) is -0.318. The summed E-state index contributed by atoms with van der Waals surface area (Å²) in [4.78, 5) is 60.5. The Morgan fingerprint density at radius 3 is 2.79 bits per heavy atom. The molecule has 2 aliphatic heterocycles. The molecule has 33 heavy (non-hydrogen) atoms. The van der Waals surface area contributed by atoms with Crippen molar-refractivity contribution in [2.75, 3.05) is 5.75 Å². The summed E-state index contributed by atoms with van der Waals surface area (Å²) in [6, 6.07) is -0.986. The molecule has 2 aliphatic rings. The largest absolute Gasteiger partial charge is 0.481 e. The van der Waals surface area contributed by atoms with Gasteiger partial charge in [0.15, 0.2) is 0 Å². The van der Waals surface area contributed by atoms with Crippen LogP contribution in [0.25, 0.3) is 0 Å². The summed E-state index contributed by atoms with van der Waals surface area (Å²) in [5, 5.41) is 35.6. The average Bonchev–Trinajstić information content (AvgIpc) is 3.41. The van der Waals surface area contributed by atoms with Gasteiger partial charge in [0.2, 0.25) is 5.16 Å². The van der Waals surface area contributed by atoms with Gasteiger partial charge in [0.1, 0.15) is 17.1 Å². The molecule has 0 aromatic carbocycles. The van der Waals surface area contributed by atoms with Crippen LogP contribution in [0.15, 0.2) is 31.9 Å². The molecule has 2 aromatic heterocycles. The van der Waals surface area contributed by atoms with E-state index in [9.17, 15) is 34.2 Å². The number of fused-ring (bicyclic) bond motifs is 1. The Morgan fingerprint density at radius 1 is 1.39 bits per heavy atom. The molecule has 0 bridgehead atoms. The van der Waals surface area contributed by atoms with Crippen molar-refractivity contribution in [1.82, 2.24) is 36.1 Å². The van der Waals surface area contributed by atoms with E-state index in [0.29, 0.717) is 0 Å². The fourth-order valence-electron chi connectivity index (χ4n) is 3.35. The van der Waals surface area contributed by atoms with Crippen molar-refractivity contribution in [3.63, 3.8) is 0 Å². The summed E-state index contributed by atoms with van der Waals surface area (Å²) < 4.78 is 5.53. The SMILES string of the molecule is O=C(O)CC(Sc1nn[nH]n1)C1=C(C(=O)O)N2C(=O)C(NC(=O)C[n+]3cc(=O)o[nH]3)[C@@H]2SC1. The Bertz CT molecular complexity index is 1190. The van der Waals surface area contributed by atoms with Gasteiger partial charge in [0, 0.05) is 11.0 Å². The van der Waals surface area contributed by atoms with Gasteiger partial charge in [-0.25, -0.2) is 9.59 Å². The number of nitrogens with zero attached hydrogens (tertiary/aromatic N) is 5. The molecule has 0 radical (unpaired) electrons. The number of nitrogens with one attached hydrogen (secondary N) is 3. The fourth-order valence-corrected chi connectivity index (χ4v) is 5.88. The topological polar surface area (TPSA) is 228 Å². The lowest BCUT2D eigenvalue weighted by molar-refractivity contribution is -0.751. The molecular weight excluding hydrogens is 484 g/mol. The number of carbonyl (C=O) groups is 4. The maximum atomic E-state index is 12.8. The van der Waals surface area contributed by atoms with E-state index >= 15 is 0 Å². The minimum atomic E-state index is -1.40. The number of rotatable bonds is 9. The Morgan fingerprint density at radius 2 is 2.18 bits per heavy atom. The zero-order valence-corrected chi connectivity index (χ0v) is 18.0. The predicted molar refractivity (Wildman–Crippen MR) is 105 cm³/mol. The molecule has 3 atom stereocenters. The molecule has 0 saturated carbocycles. The minimum absolute atomic E-state index is 0.106. The Kier molecular flexibility index (Phi) is 6.18. The molecule has 5 N–H and O–H groups in total. The van der Waals surface area contributed by atoms with Crippen molar-refractivity contribution in [3.8, 4) is 0 Å². The molecule has 2 amide bonds. The van der Waals surface area contributed by atoms with E-state index in [4.69, 9.17) is 0 Å². The normalized spacial score (nSPS) is 20.7. The second kappa shape index (κ2) is 9.06. The van der Waals surface area contributed by atoms with Crippen molar-refractivity contribution in [2.24, 2.45) is 0 Å². The Balaban J connectivity index is 1.54. The van der Waals surface area contributed by atoms with Crippen molar-refractivity contribution in [1.29, 1.82) is 0 Å². The second-order valence-electron chi connectivity index (χ2n) is 6.80. The number of carboxylic acids is 2. The Hall–Kier alpha value is -3.67. The first-order valence-corrected chi connectivity index (χ1v) is 11.1. The van der Waals surface area contributed by atoms with E-state index in [1.54, 1.807) is 0 Å². The van der Waals surface area contributed by atoms with Crippen molar-refractivity contribution >= 4 is 47.3 Å². The highest BCUT2D eigenvalue weighted by atomic mass is 32.2. The predicted octanol–water partition coefficient (Wildman–Crippen LogP) is -2.86. The number of amides is 2. The third-order valence-corrected chi connectivity index (χ3v) is 7.10. The number of aliphatic carboxylic acids is 2. The fraction of sp³-hybridized carbons (Fsp3) is 0.400. The van der Waals surface area contributed by atoms with Gasteiger partial charge in [-0.15, -0.1) is 22.0 Å². The van der Waals surface area contributed by atoms with Gasteiger partial charge in [-0.3, -0.25) is 23.8 Å². The van der Waals surface area contributed by atoms with Crippen molar-refractivity contribution < 1.29 is 38.6 Å². The van der Waals surface area contributed by atoms with Crippen LogP contribution in [0.2, 0.25) is 0 Å². The maximum Gasteiger partial charge on any atom is 0.426 e. The molecule has 0 aliphatic carbocycles. The van der Waals surface area contributed by atoms with E-state index in [-0.39, 0.29) is 28.7 Å². The zero-order chi connectivity index (χ0) is 23.7. The molecule has 174 valence electrons. The smallest absolute Gasteiger partial charge is 0.426 e. The summed E-state index contributed by atoms with van der Waals surface area (Å²) in [7, 11) is 0. The molecule has 4 rings (SSSR count). The zero-order valence-electron chi connectivity index (χ0n) is 16.3. The van der Waals surface area contributed by atoms with Gasteiger partial charge in [-0.1, -0.05) is 16.4 Å². The number of aromatic nitrogens is 6. The third-order valence-electron chi connectivity index (χ3n) is 4.68. The highest BCUT2D eigenvalue weighted by molar-refractivity contribution is 8.01. The third kappa shape index (κ3) is 4.60. The van der Waals surface area contributed by atoms with E-state index in [2.05, 4.69) is 35.7 Å². The second-order valence-corrected chi connectivity index (χ2v) is 9.08. The molecule has 16 nitrogen and oxygen atoms in total. The number of tetrazole rings is 1. The van der Waals surface area contributed by atoms with E-state index in [1.165, 1.54) is 11.8 Å². The number of hydrogen-bond acceptors (Lipinski definition) is 11. The van der Waals surface area contributed by atoms with Crippen LogP contribution in [0, 0.1) is 0 Å². The first-order valence-electron chi connectivity index (χ1n) is 9.15. The summed E-state index contributed by atoms with van der Waals surface area (Å²) in [6.07, 6.45) is 0.588. The number of aromatic amines is 2. The number of thioether (sulfide) groups is 2. The molecule has 0 spiro atoms. The van der Waals surface area contributed by atoms with E-state index in [0.717, 1.165) is 27.5 Å². The van der Waals surface area contributed by atoms with Crippen LogP contribution in [0.5, 0.6) is 0 Å². The standard InChI is InChI=1S/C15H14N8O8S2/c24-7(2-22-3-9(27)31-21-22)16-10-12(28)23-11(14(29)30)5(4-32-13(10)23)6(1-8(25)26)33-15-17-19-20-18-15/h3,6,10,13H,1-2,4H2,(H4-,16,17,18,19,20,21,24,25,26,27,29,30)/p+1/t6?,10?,13-/m0/s1. The summed E-state index contributed by atoms with van der Waals surface area (Å²) >= 11 is 2.11. The number of carboxylic acid groups (broad SMARTS) is 2. The minimum Gasteiger partial charge on any atom is -0.481 e. The number of hydrogen-bond donors (Lipinski definition) is 5. The van der Waals surface area contributed by atoms with Gasteiger partial charge in [0.25, 0.3) is 24.6 Å². The molecule has 18 heteroatoms. The molecule has 1 fully saturated rings.